The Morgan fingerprint density at radius 1 is 2.00 bits per heavy atom. The molecule has 0 atom stereocenters. The summed E-state index contributed by atoms with van der Waals surface area (Å²) in [6.45, 7) is 1.40. The number of nitrogens with one attached hydrogen (secondary N) is 1. The quantitative estimate of drug-likeness (QED) is 0.412. The van der Waals surface area contributed by atoms with Crippen LogP contribution in [-0.4, -0.2) is 10.5 Å². The second-order valence-corrected chi connectivity index (χ2v) is 1.53. The zero-order valence-corrected chi connectivity index (χ0v) is 6.06. The van der Waals surface area contributed by atoms with Crippen LogP contribution in [0.1, 0.15) is 6.92 Å². The van der Waals surface area contributed by atoms with Gasteiger partial charge in [-0.2, -0.15) is 0 Å². The van der Waals surface area contributed by atoms with E-state index in [0.29, 0.717) is 4.61 Å². The fourth-order valence-corrected chi connectivity index (χ4v) is 0.285. The van der Waals surface area contributed by atoms with E-state index in [1.807, 2.05) is 22.6 Å². The monoisotopic (exact) mass is 215 g/mol. The summed E-state index contributed by atoms with van der Waals surface area (Å²) in [5.41, 5.74) is 2.15. The Morgan fingerprint density at radius 2 is 2.57 bits per heavy atom. The molecule has 1 amide bonds. The summed E-state index contributed by atoms with van der Waals surface area (Å²) in [7, 11) is 0. The van der Waals surface area contributed by atoms with Crippen LogP contribution in [0.3, 0.4) is 0 Å². The predicted octanol–water partition coefficient (Wildman–Crippen LogP) is 0.447. The van der Waals surface area contributed by atoms with Gasteiger partial charge in [0.1, 0.15) is 4.61 Å². The van der Waals surface area contributed by atoms with Crippen molar-refractivity contribution in [2.75, 3.05) is 4.61 Å². The lowest BCUT2D eigenvalue weighted by Gasteiger charge is -1.94. The summed E-state index contributed by atoms with van der Waals surface area (Å²) < 4.78 is 0.483. The normalized spacial score (nSPS) is 8.29. The molecule has 0 aromatic rings. The number of halogens is 1. The fraction of sp³-hybridized carbons (Fsp3) is 0.667. The van der Waals surface area contributed by atoms with Crippen molar-refractivity contribution in [3.63, 3.8) is 0 Å². The molecule has 0 saturated heterocycles. The Labute approximate surface area is 55.5 Å². The molecule has 0 unspecified atom stereocenters. The molecule has 7 heavy (non-hydrogen) atoms. The minimum atomic E-state index is -0.170. The standard InChI is InChI=1S/C3H6INO2/c1-3(6)5-7-2-4/h2H2,1H3,(H,5,6). The van der Waals surface area contributed by atoms with Crippen molar-refractivity contribution in [1.82, 2.24) is 5.48 Å². The molecule has 0 aliphatic heterocycles. The summed E-state index contributed by atoms with van der Waals surface area (Å²) in [5.74, 6) is -0.170. The number of alkyl halides is 1. The van der Waals surface area contributed by atoms with Gasteiger partial charge in [-0.25, -0.2) is 5.48 Å². The van der Waals surface area contributed by atoms with Crippen LogP contribution in [0.25, 0.3) is 0 Å². The molecule has 0 aromatic heterocycles. The highest BCUT2D eigenvalue weighted by molar-refractivity contribution is 14.1. The van der Waals surface area contributed by atoms with Gasteiger partial charge < -0.3 is 0 Å². The van der Waals surface area contributed by atoms with Gasteiger partial charge in [0.15, 0.2) is 0 Å². The van der Waals surface area contributed by atoms with Crippen molar-refractivity contribution in [3.8, 4) is 0 Å². The third-order valence-electron chi connectivity index (χ3n) is 0.270. The molecular formula is C3H6INO2. The third kappa shape index (κ3) is 6.16. The molecule has 0 aromatic carbocycles. The van der Waals surface area contributed by atoms with Crippen LogP contribution < -0.4 is 5.48 Å². The molecule has 3 nitrogen and oxygen atoms in total. The molecule has 0 bridgehead atoms. The van der Waals surface area contributed by atoms with Crippen LogP contribution in [0.5, 0.6) is 0 Å². The Bertz CT molecular complexity index is 66.0. The number of hydrogen-bond donors (Lipinski definition) is 1. The van der Waals surface area contributed by atoms with E-state index in [0.717, 1.165) is 0 Å². The molecule has 0 aliphatic rings. The van der Waals surface area contributed by atoms with E-state index in [2.05, 4.69) is 10.3 Å². The first-order valence-electron chi connectivity index (χ1n) is 1.71. The highest BCUT2D eigenvalue weighted by atomic mass is 127. The second-order valence-electron chi connectivity index (χ2n) is 0.912. The highest BCUT2D eigenvalue weighted by Crippen LogP contribution is 1.77. The van der Waals surface area contributed by atoms with E-state index in [-0.39, 0.29) is 5.91 Å². The maximum Gasteiger partial charge on any atom is 0.240 e. The van der Waals surface area contributed by atoms with Gasteiger partial charge in [-0.1, -0.05) is 22.6 Å². The van der Waals surface area contributed by atoms with Crippen molar-refractivity contribution in [1.29, 1.82) is 0 Å². The molecule has 1 N–H and O–H groups in total. The lowest BCUT2D eigenvalue weighted by Crippen LogP contribution is -2.18. The fourth-order valence-electron chi connectivity index (χ4n) is 0.129. The summed E-state index contributed by atoms with van der Waals surface area (Å²) in [5, 5.41) is 0. The Kier molecular flexibility index (Phi) is 4.42. The average molecular weight is 215 g/mol. The van der Waals surface area contributed by atoms with E-state index >= 15 is 0 Å². The molecular weight excluding hydrogens is 209 g/mol. The largest absolute Gasteiger partial charge is 0.273 e. The Balaban J connectivity index is 2.82. The molecule has 0 spiro atoms. The minimum absolute atomic E-state index is 0.170. The number of carbonyl (C=O) groups excluding carboxylic acids is 1. The summed E-state index contributed by atoms with van der Waals surface area (Å²) in [6.07, 6.45) is 0. The molecule has 0 radical (unpaired) electrons. The van der Waals surface area contributed by atoms with Crippen LogP contribution in [0.15, 0.2) is 0 Å². The lowest BCUT2D eigenvalue weighted by atomic mass is 10.8. The molecule has 4 heteroatoms. The first-order valence-corrected chi connectivity index (χ1v) is 3.24. The number of hydroxylamine groups is 1. The zero-order chi connectivity index (χ0) is 5.70. The number of hydrogen-bond acceptors (Lipinski definition) is 2. The molecule has 0 fully saturated rings. The number of amides is 1. The van der Waals surface area contributed by atoms with Crippen LogP contribution in [0.4, 0.5) is 0 Å². The van der Waals surface area contributed by atoms with E-state index in [1.54, 1.807) is 0 Å². The smallest absolute Gasteiger partial charge is 0.240 e. The maximum atomic E-state index is 9.96. The predicted molar refractivity (Wildman–Crippen MR) is 33.8 cm³/mol. The van der Waals surface area contributed by atoms with Gasteiger partial charge in [0.05, 0.1) is 0 Å². The molecule has 0 rings (SSSR count). The number of rotatable bonds is 2. The van der Waals surface area contributed by atoms with Gasteiger partial charge in [-0.3, -0.25) is 9.63 Å². The maximum absolute atomic E-state index is 9.96. The van der Waals surface area contributed by atoms with Gasteiger partial charge in [-0.15, -0.1) is 0 Å². The zero-order valence-electron chi connectivity index (χ0n) is 3.90. The van der Waals surface area contributed by atoms with Crippen molar-refractivity contribution in [3.05, 3.63) is 0 Å². The third-order valence-corrected chi connectivity index (χ3v) is 0.582. The average Bonchev–Trinajstić information content (AvgIpc) is 1.61. The van der Waals surface area contributed by atoms with Crippen LogP contribution in [-0.2, 0) is 9.63 Å². The van der Waals surface area contributed by atoms with Crippen molar-refractivity contribution >= 4 is 28.5 Å². The van der Waals surface area contributed by atoms with Gasteiger partial charge in [0.2, 0.25) is 5.91 Å². The molecule has 42 valence electrons. The topological polar surface area (TPSA) is 38.3 Å². The van der Waals surface area contributed by atoms with E-state index in [9.17, 15) is 4.79 Å². The van der Waals surface area contributed by atoms with E-state index in [1.165, 1.54) is 6.92 Å². The van der Waals surface area contributed by atoms with Crippen LogP contribution in [0.2, 0.25) is 0 Å². The van der Waals surface area contributed by atoms with Crippen molar-refractivity contribution in [2.24, 2.45) is 0 Å². The molecule has 0 heterocycles. The van der Waals surface area contributed by atoms with Crippen LogP contribution >= 0.6 is 22.6 Å². The Morgan fingerprint density at radius 3 is 2.71 bits per heavy atom. The van der Waals surface area contributed by atoms with Gasteiger partial charge in [0.25, 0.3) is 0 Å². The first kappa shape index (κ1) is 7.16. The molecule has 0 aliphatic carbocycles. The lowest BCUT2D eigenvalue weighted by molar-refractivity contribution is -0.129. The summed E-state index contributed by atoms with van der Waals surface area (Å²) in [4.78, 5) is 14.4. The van der Waals surface area contributed by atoms with Crippen molar-refractivity contribution in [2.45, 2.75) is 6.92 Å². The Hall–Kier alpha value is 0.160. The summed E-state index contributed by atoms with van der Waals surface area (Å²) in [6, 6.07) is 0. The summed E-state index contributed by atoms with van der Waals surface area (Å²) >= 11 is 1.98. The second kappa shape index (κ2) is 4.32. The van der Waals surface area contributed by atoms with Gasteiger partial charge >= 0.3 is 0 Å². The van der Waals surface area contributed by atoms with Crippen molar-refractivity contribution < 1.29 is 9.63 Å². The van der Waals surface area contributed by atoms with E-state index in [4.69, 9.17) is 0 Å². The van der Waals surface area contributed by atoms with Crippen LogP contribution in [0, 0.1) is 0 Å². The number of carbonyl (C=O) groups is 1. The minimum Gasteiger partial charge on any atom is -0.273 e. The highest BCUT2D eigenvalue weighted by Gasteiger charge is 1.83. The van der Waals surface area contributed by atoms with E-state index < -0.39 is 0 Å². The van der Waals surface area contributed by atoms with Gasteiger partial charge in [-0.05, 0) is 0 Å². The molecule has 0 saturated carbocycles. The first-order chi connectivity index (χ1) is 3.27. The van der Waals surface area contributed by atoms with Gasteiger partial charge in [0, 0.05) is 6.92 Å². The SMILES string of the molecule is CC(=O)NOCI.